The number of carbonyl (C=O) groups excluding carboxylic acids is 1. The van der Waals surface area contributed by atoms with Crippen LogP contribution in [-0.4, -0.2) is 26.9 Å². The number of amides is 1. The molecule has 1 amide bonds. The molecule has 0 heterocycles. The number of benzene rings is 2. The fourth-order valence-corrected chi connectivity index (χ4v) is 3.67. The van der Waals surface area contributed by atoms with E-state index in [1.54, 1.807) is 31.2 Å². The SMILES string of the molecule is CCC(C)NS(=O)(=O)c1cccc(C(=O)NCCc2ccc(F)cc2)c1. The van der Waals surface area contributed by atoms with E-state index in [1.165, 1.54) is 24.3 Å². The van der Waals surface area contributed by atoms with Gasteiger partial charge in [0.2, 0.25) is 10.0 Å². The van der Waals surface area contributed by atoms with Crippen molar-refractivity contribution in [1.29, 1.82) is 0 Å². The Morgan fingerprint density at radius 3 is 2.50 bits per heavy atom. The van der Waals surface area contributed by atoms with Crippen LogP contribution in [0.25, 0.3) is 0 Å². The quantitative estimate of drug-likeness (QED) is 0.742. The summed E-state index contributed by atoms with van der Waals surface area (Å²) < 4.78 is 40.1. The van der Waals surface area contributed by atoms with Crippen LogP contribution in [-0.2, 0) is 16.4 Å². The molecule has 140 valence electrons. The predicted octanol–water partition coefficient (Wildman–Crippen LogP) is 2.88. The maximum absolute atomic E-state index is 12.9. The van der Waals surface area contributed by atoms with E-state index >= 15 is 0 Å². The molecule has 0 bridgehead atoms. The Kier molecular flexibility index (Phi) is 6.88. The van der Waals surface area contributed by atoms with Crippen LogP contribution in [0.4, 0.5) is 4.39 Å². The topological polar surface area (TPSA) is 75.3 Å². The zero-order valence-corrected chi connectivity index (χ0v) is 15.6. The van der Waals surface area contributed by atoms with E-state index in [0.717, 1.165) is 5.56 Å². The van der Waals surface area contributed by atoms with Gasteiger partial charge in [-0.05, 0) is 55.7 Å². The van der Waals surface area contributed by atoms with Gasteiger partial charge < -0.3 is 5.32 Å². The van der Waals surface area contributed by atoms with E-state index in [0.29, 0.717) is 19.4 Å². The lowest BCUT2D eigenvalue weighted by Gasteiger charge is -2.13. The van der Waals surface area contributed by atoms with Crippen LogP contribution in [0.15, 0.2) is 53.4 Å². The fourth-order valence-electron chi connectivity index (χ4n) is 2.29. The number of hydrogen-bond donors (Lipinski definition) is 2. The molecule has 0 radical (unpaired) electrons. The van der Waals surface area contributed by atoms with E-state index in [1.807, 2.05) is 6.92 Å². The molecule has 0 aliphatic rings. The van der Waals surface area contributed by atoms with Crippen molar-refractivity contribution in [3.63, 3.8) is 0 Å². The Bertz CT molecular complexity index is 851. The summed E-state index contributed by atoms with van der Waals surface area (Å²) in [5.74, 6) is -0.658. The van der Waals surface area contributed by atoms with Crippen LogP contribution >= 0.6 is 0 Å². The van der Waals surface area contributed by atoms with E-state index in [2.05, 4.69) is 10.0 Å². The summed E-state index contributed by atoms with van der Waals surface area (Å²) in [6.07, 6.45) is 1.22. The normalized spacial score (nSPS) is 12.6. The summed E-state index contributed by atoms with van der Waals surface area (Å²) in [5.41, 5.74) is 1.18. The standard InChI is InChI=1S/C19H23FN2O3S/c1-3-14(2)22-26(24,25)18-6-4-5-16(13-18)19(23)21-12-11-15-7-9-17(20)10-8-15/h4-10,13-14,22H,3,11-12H2,1-2H3,(H,21,23). The third-order valence-electron chi connectivity index (χ3n) is 3.99. The molecule has 2 aromatic carbocycles. The molecular weight excluding hydrogens is 355 g/mol. The lowest BCUT2D eigenvalue weighted by Crippen LogP contribution is -2.32. The van der Waals surface area contributed by atoms with Gasteiger partial charge in [0.25, 0.3) is 5.91 Å². The molecule has 0 saturated carbocycles. The maximum Gasteiger partial charge on any atom is 0.251 e. The van der Waals surface area contributed by atoms with Crippen molar-refractivity contribution in [2.24, 2.45) is 0 Å². The second-order valence-corrected chi connectivity index (χ2v) is 7.80. The highest BCUT2D eigenvalue weighted by molar-refractivity contribution is 7.89. The second kappa shape index (κ2) is 8.91. The molecule has 0 aromatic heterocycles. The highest BCUT2D eigenvalue weighted by Gasteiger charge is 2.18. The molecule has 26 heavy (non-hydrogen) atoms. The van der Waals surface area contributed by atoms with E-state index < -0.39 is 10.0 Å². The third-order valence-corrected chi connectivity index (χ3v) is 5.57. The van der Waals surface area contributed by atoms with Crippen molar-refractivity contribution in [3.05, 3.63) is 65.5 Å². The number of rotatable bonds is 8. The molecule has 7 heteroatoms. The smallest absolute Gasteiger partial charge is 0.251 e. The zero-order chi connectivity index (χ0) is 19.2. The lowest BCUT2D eigenvalue weighted by atomic mass is 10.1. The number of nitrogens with one attached hydrogen (secondary N) is 2. The van der Waals surface area contributed by atoms with E-state index in [4.69, 9.17) is 0 Å². The molecule has 2 rings (SSSR count). The molecule has 5 nitrogen and oxygen atoms in total. The summed E-state index contributed by atoms with van der Waals surface area (Å²) in [6, 6.07) is 11.8. The summed E-state index contributed by atoms with van der Waals surface area (Å²) in [7, 11) is -3.66. The zero-order valence-electron chi connectivity index (χ0n) is 14.8. The molecule has 0 aliphatic heterocycles. The van der Waals surface area contributed by atoms with Crippen LogP contribution in [0.5, 0.6) is 0 Å². The molecule has 0 saturated heterocycles. The molecule has 0 fully saturated rings. The molecular formula is C19H23FN2O3S. The minimum Gasteiger partial charge on any atom is -0.352 e. The predicted molar refractivity (Wildman–Crippen MR) is 99.0 cm³/mol. The third kappa shape index (κ3) is 5.64. The van der Waals surface area contributed by atoms with Gasteiger partial charge in [0.1, 0.15) is 5.82 Å². The molecule has 1 atom stereocenters. The maximum atomic E-state index is 12.9. The molecule has 0 spiro atoms. The summed E-state index contributed by atoms with van der Waals surface area (Å²) >= 11 is 0. The van der Waals surface area contributed by atoms with Crippen molar-refractivity contribution in [3.8, 4) is 0 Å². The van der Waals surface area contributed by atoms with Crippen LogP contribution < -0.4 is 10.0 Å². The molecule has 2 aromatic rings. The van der Waals surface area contributed by atoms with Gasteiger partial charge in [0.15, 0.2) is 0 Å². The largest absolute Gasteiger partial charge is 0.352 e. The lowest BCUT2D eigenvalue weighted by molar-refractivity contribution is 0.0954. The second-order valence-electron chi connectivity index (χ2n) is 6.09. The number of hydrogen-bond acceptors (Lipinski definition) is 3. The monoisotopic (exact) mass is 378 g/mol. The highest BCUT2D eigenvalue weighted by Crippen LogP contribution is 2.13. The van der Waals surface area contributed by atoms with Gasteiger partial charge >= 0.3 is 0 Å². The van der Waals surface area contributed by atoms with Crippen molar-refractivity contribution in [1.82, 2.24) is 10.0 Å². The van der Waals surface area contributed by atoms with E-state index in [-0.39, 0.29) is 28.2 Å². The summed E-state index contributed by atoms with van der Waals surface area (Å²) in [4.78, 5) is 12.3. The van der Waals surface area contributed by atoms with Crippen LogP contribution in [0.2, 0.25) is 0 Å². The number of carbonyl (C=O) groups is 1. The number of sulfonamides is 1. The van der Waals surface area contributed by atoms with Gasteiger partial charge in [0.05, 0.1) is 4.90 Å². The Hall–Kier alpha value is -2.25. The van der Waals surface area contributed by atoms with Crippen molar-refractivity contribution in [2.75, 3.05) is 6.54 Å². The summed E-state index contributed by atoms with van der Waals surface area (Å²) in [6.45, 7) is 4.04. The van der Waals surface area contributed by atoms with Crippen molar-refractivity contribution in [2.45, 2.75) is 37.6 Å². The molecule has 1 unspecified atom stereocenters. The van der Waals surface area contributed by atoms with Gasteiger partial charge in [-0.3, -0.25) is 4.79 Å². The Morgan fingerprint density at radius 2 is 1.85 bits per heavy atom. The van der Waals surface area contributed by atoms with Crippen LogP contribution in [0.1, 0.15) is 36.2 Å². The fraction of sp³-hybridized carbons (Fsp3) is 0.316. The van der Waals surface area contributed by atoms with Crippen LogP contribution in [0, 0.1) is 5.82 Å². The molecule has 0 aliphatic carbocycles. The van der Waals surface area contributed by atoms with Gasteiger partial charge in [-0.1, -0.05) is 25.1 Å². The minimum absolute atomic E-state index is 0.0592. The van der Waals surface area contributed by atoms with Gasteiger partial charge in [-0.2, -0.15) is 0 Å². The first-order valence-corrected chi connectivity index (χ1v) is 9.95. The first-order valence-electron chi connectivity index (χ1n) is 8.47. The van der Waals surface area contributed by atoms with Crippen LogP contribution in [0.3, 0.4) is 0 Å². The Labute approximate surface area is 153 Å². The average Bonchev–Trinajstić information content (AvgIpc) is 2.63. The Balaban J connectivity index is 2.00. The Morgan fingerprint density at radius 1 is 1.15 bits per heavy atom. The minimum atomic E-state index is -3.66. The van der Waals surface area contributed by atoms with Gasteiger partial charge in [0, 0.05) is 18.2 Å². The van der Waals surface area contributed by atoms with Gasteiger partial charge in [-0.25, -0.2) is 17.5 Å². The first-order chi connectivity index (χ1) is 12.3. The first kappa shape index (κ1) is 20.1. The molecule has 2 N–H and O–H groups in total. The highest BCUT2D eigenvalue weighted by atomic mass is 32.2. The van der Waals surface area contributed by atoms with Crippen molar-refractivity contribution >= 4 is 15.9 Å². The average molecular weight is 378 g/mol. The van der Waals surface area contributed by atoms with E-state index in [9.17, 15) is 17.6 Å². The summed E-state index contributed by atoms with van der Waals surface area (Å²) in [5, 5.41) is 2.74. The van der Waals surface area contributed by atoms with Crippen molar-refractivity contribution < 1.29 is 17.6 Å². The number of halogens is 1. The van der Waals surface area contributed by atoms with Gasteiger partial charge in [-0.15, -0.1) is 0 Å².